The molecule has 0 fully saturated rings. The van der Waals surface area contributed by atoms with E-state index in [-0.39, 0.29) is 0 Å². The molecule has 0 unspecified atom stereocenters. The van der Waals surface area contributed by atoms with Crippen molar-refractivity contribution in [1.82, 2.24) is 0 Å². The molecule has 0 aromatic heterocycles. The third-order valence-corrected chi connectivity index (χ3v) is 1.68. The summed E-state index contributed by atoms with van der Waals surface area (Å²) in [5.74, 6) is 0. The molecule has 0 aromatic carbocycles. The molecule has 0 aliphatic carbocycles. The van der Waals surface area contributed by atoms with Crippen LogP contribution in [0.3, 0.4) is 0 Å². The van der Waals surface area contributed by atoms with Gasteiger partial charge in [-0.05, 0) is 39.0 Å². The minimum atomic E-state index is 0.319. The zero-order chi connectivity index (χ0) is 9.23. The van der Waals surface area contributed by atoms with Crippen LogP contribution in [0.2, 0.25) is 0 Å². The van der Waals surface area contributed by atoms with Crippen LogP contribution >= 0.6 is 0 Å². The highest BCUT2D eigenvalue weighted by molar-refractivity contribution is 4.92. The zero-order valence-electron chi connectivity index (χ0n) is 8.05. The molecular formula is C11H20O. The van der Waals surface area contributed by atoms with E-state index < -0.39 is 0 Å². The molecule has 0 amide bonds. The van der Waals surface area contributed by atoms with Crippen molar-refractivity contribution in [2.24, 2.45) is 0 Å². The van der Waals surface area contributed by atoms with Gasteiger partial charge in [-0.1, -0.05) is 17.7 Å². The Bertz CT molecular complexity index is 136. The number of aliphatic hydroxyl groups excluding tert-OH is 1. The monoisotopic (exact) mass is 168 g/mol. The molecule has 0 saturated carbocycles. The van der Waals surface area contributed by atoms with Crippen LogP contribution in [0.4, 0.5) is 0 Å². The summed E-state index contributed by atoms with van der Waals surface area (Å²) >= 11 is 0. The van der Waals surface area contributed by atoms with Gasteiger partial charge in [-0.2, -0.15) is 0 Å². The van der Waals surface area contributed by atoms with Crippen molar-refractivity contribution < 1.29 is 5.11 Å². The van der Waals surface area contributed by atoms with E-state index >= 15 is 0 Å². The average molecular weight is 168 g/mol. The van der Waals surface area contributed by atoms with E-state index in [2.05, 4.69) is 25.7 Å². The Morgan fingerprint density at radius 2 is 1.92 bits per heavy atom. The van der Waals surface area contributed by atoms with Gasteiger partial charge in [0, 0.05) is 6.61 Å². The highest BCUT2D eigenvalue weighted by Crippen LogP contribution is 2.02. The third-order valence-electron chi connectivity index (χ3n) is 1.68. The molecule has 0 spiro atoms. The summed E-state index contributed by atoms with van der Waals surface area (Å²) in [4.78, 5) is 0. The first-order chi connectivity index (χ1) is 5.77. The van der Waals surface area contributed by atoms with Gasteiger partial charge < -0.3 is 5.11 Å². The van der Waals surface area contributed by atoms with E-state index in [0.29, 0.717) is 6.61 Å². The van der Waals surface area contributed by atoms with Gasteiger partial charge in [-0.15, -0.1) is 6.58 Å². The van der Waals surface area contributed by atoms with Gasteiger partial charge in [0.1, 0.15) is 0 Å². The summed E-state index contributed by atoms with van der Waals surface area (Å²) in [6.45, 7) is 6.21. The molecule has 70 valence electrons. The number of aliphatic hydroxyl groups is 1. The molecule has 0 aromatic rings. The Morgan fingerprint density at radius 3 is 2.50 bits per heavy atom. The summed E-state index contributed by atoms with van der Waals surface area (Å²) in [6, 6.07) is 0. The van der Waals surface area contributed by atoms with Crippen molar-refractivity contribution in [2.45, 2.75) is 39.0 Å². The zero-order valence-corrected chi connectivity index (χ0v) is 8.05. The Hall–Kier alpha value is -0.560. The van der Waals surface area contributed by atoms with E-state index in [1.54, 1.807) is 0 Å². The van der Waals surface area contributed by atoms with E-state index in [4.69, 9.17) is 5.11 Å². The van der Waals surface area contributed by atoms with Crippen LogP contribution in [-0.2, 0) is 0 Å². The Labute approximate surface area is 75.8 Å². The van der Waals surface area contributed by atoms with Crippen LogP contribution in [0.1, 0.15) is 39.0 Å². The molecule has 0 bridgehead atoms. The lowest BCUT2D eigenvalue weighted by molar-refractivity contribution is 0.285. The molecule has 0 rings (SSSR count). The van der Waals surface area contributed by atoms with E-state index in [1.807, 2.05) is 0 Å². The van der Waals surface area contributed by atoms with E-state index in [0.717, 1.165) is 32.1 Å². The van der Waals surface area contributed by atoms with Gasteiger partial charge in [0.15, 0.2) is 0 Å². The molecule has 0 saturated heterocycles. The lowest BCUT2D eigenvalue weighted by Gasteiger charge is -1.93. The van der Waals surface area contributed by atoms with Crippen LogP contribution in [0.15, 0.2) is 24.3 Å². The smallest absolute Gasteiger partial charge is 0.0431 e. The number of rotatable bonds is 7. The fourth-order valence-electron chi connectivity index (χ4n) is 0.939. The van der Waals surface area contributed by atoms with Crippen LogP contribution < -0.4 is 0 Å². The van der Waals surface area contributed by atoms with Crippen LogP contribution in [0.25, 0.3) is 0 Å². The summed E-state index contributed by atoms with van der Waals surface area (Å²) in [6.07, 6.45) is 9.71. The molecule has 0 radical (unpaired) electrons. The summed E-state index contributed by atoms with van der Waals surface area (Å²) in [7, 11) is 0. The summed E-state index contributed by atoms with van der Waals surface area (Å²) in [5.41, 5.74) is 1.25. The van der Waals surface area contributed by atoms with Gasteiger partial charge in [-0.3, -0.25) is 0 Å². The van der Waals surface area contributed by atoms with Crippen LogP contribution in [-0.4, -0.2) is 11.7 Å². The quantitative estimate of drug-likeness (QED) is 0.457. The minimum Gasteiger partial charge on any atom is -0.396 e. The first-order valence-corrected chi connectivity index (χ1v) is 4.67. The lowest BCUT2D eigenvalue weighted by atomic mass is 10.1. The maximum atomic E-state index is 8.51. The topological polar surface area (TPSA) is 20.2 Å². The van der Waals surface area contributed by atoms with E-state index in [1.165, 1.54) is 5.57 Å². The Balaban J connectivity index is 3.09. The maximum absolute atomic E-state index is 8.51. The predicted molar refractivity (Wildman–Crippen MR) is 54.1 cm³/mol. The molecule has 1 N–H and O–H groups in total. The van der Waals surface area contributed by atoms with Crippen molar-refractivity contribution in [3.63, 3.8) is 0 Å². The van der Waals surface area contributed by atoms with Crippen molar-refractivity contribution >= 4 is 0 Å². The van der Waals surface area contributed by atoms with Gasteiger partial charge >= 0.3 is 0 Å². The highest BCUT2D eigenvalue weighted by Gasteiger charge is 1.84. The molecule has 0 aliphatic rings. The van der Waals surface area contributed by atoms with Gasteiger partial charge in [0.25, 0.3) is 0 Å². The normalized spacial score (nSPS) is 10.8. The molecular weight excluding hydrogens is 148 g/mol. The lowest BCUT2D eigenvalue weighted by Crippen LogP contribution is -1.80. The summed E-state index contributed by atoms with van der Waals surface area (Å²) < 4.78 is 0. The number of allylic oxidation sites excluding steroid dienone is 3. The van der Waals surface area contributed by atoms with Crippen LogP contribution in [0.5, 0.6) is 0 Å². The number of unbranched alkanes of at least 4 members (excludes halogenated alkanes) is 2. The Kier molecular flexibility index (Phi) is 8.14. The van der Waals surface area contributed by atoms with Crippen molar-refractivity contribution in [3.05, 3.63) is 24.3 Å². The van der Waals surface area contributed by atoms with Gasteiger partial charge in [0.05, 0.1) is 0 Å². The highest BCUT2D eigenvalue weighted by atomic mass is 16.2. The average Bonchev–Trinajstić information content (AvgIpc) is 2.02. The summed E-state index contributed by atoms with van der Waals surface area (Å²) in [5, 5.41) is 8.51. The Morgan fingerprint density at radius 1 is 1.25 bits per heavy atom. The molecule has 0 aliphatic heterocycles. The molecule has 12 heavy (non-hydrogen) atoms. The van der Waals surface area contributed by atoms with Crippen molar-refractivity contribution in [1.29, 1.82) is 0 Å². The van der Waals surface area contributed by atoms with Crippen molar-refractivity contribution in [3.8, 4) is 0 Å². The van der Waals surface area contributed by atoms with Crippen molar-refractivity contribution in [2.75, 3.05) is 6.61 Å². The largest absolute Gasteiger partial charge is 0.396 e. The van der Waals surface area contributed by atoms with Gasteiger partial charge in [0.2, 0.25) is 0 Å². The minimum absolute atomic E-state index is 0.319. The fourth-order valence-corrected chi connectivity index (χ4v) is 0.939. The molecule has 0 atom stereocenters. The van der Waals surface area contributed by atoms with Crippen LogP contribution in [0, 0.1) is 0 Å². The second-order valence-corrected chi connectivity index (χ2v) is 3.19. The number of hydrogen-bond donors (Lipinski definition) is 1. The predicted octanol–water partition coefficient (Wildman–Crippen LogP) is 3.06. The molecule has 1 nitrogen and oxygen atoms in total. The fraction of sp³-hybridized carbons (Fsp3) is 0.636. The third kappa shape index (κ3) is 9.44. The maximum Gasteiger partial charge on any atom is 0.0431 e. The molecule has 1 heteroatoms. The molecule has 0 heterocycles. The first-order valence-electron chi connectivity index (χ1n) is 4.67. The second-order valence-electron chi connectivity index (χ2n) is 3.19. The van der Waals surface area contributed by atoms with E-state index in [9.17, 15) is 0 Å². The SMILES string of the molecule is C=C(C)CC/C=C\CCCCO. The second kappa shape index (κ2) is 8.54. The number of hydrogen-bond acceptors (Lipinski definition) is 1. The van der Waals surface area contributed by atoms with Gasteiger partial charge in [-0.25, -0.2) is 0 Å². The standard InChI is InChI=1S/C11H20O/c1-11(2)9-7-5-3-4-6-8-10-12/h3,5,12H,1,4,6-10H2,2H3/b5-3-. The first kappa shape index (κ1) is 11.4.